The van der Waals surface area contributed by atoms with E-state index in [1.807, 2.05) is 0 Å². The summed E-state index contributed by atoms with van der Waals surface area (Å²) in [5.41, 5.74) is -0.304. The Balaban J connectivity index is 1.35. The number of ether oxygens (including phenoxy) is 3. The molecule has 3 heterocycles. The van der Waals surface area contributed by atoms with Crippen molar-refractivity contribution in [3.8, 4) is 23.0 Å². The second kappa shape index (κ2) is 6.88. The molecule has 1 fully saturated rings. The lowest BCUT2D eigenvalue weighted by Crippen LogP contribution is -2.52. The molecule has 0 atom stereocenters. The Morgan fingerprint density at radius 2 is 1.67 bits per heavy atom. The summed E-state index contributed by atoms with van der Waals surface area (Å²) in [5.74, 6) is 1.29. The van der Waals surface area contributed by atoms with E-state index >= 15 is 0 Å². The molecule has 0 saturated carbocycles. The largest absolute Gasteiger partial charge is 0.508 e. The number of piperidine rings is 1. The number of sulfonamides is 1. The predicted molar refractivity (Wildman–Crippen MR) is 106 cm³/mol. The molecule has 0 aromatic heterocycles. The van der Waals surface area contributed by atoms with Crippen molar-refractivity contribution in [2.45, 2.75) is 29.8 Å². The van der Waals surface area contributed by atoms with Crippen LogP contribution in [-0.4, -0.2) is 55.5 Å². The molecule has 0 amide bonds. The van der Waals surface area contributed by atoms with Gasteiger partial charge in [0.2, 0.25) is 10.0 Å². The maximum Gasteiger partial charge on any atom is 0.243 e. The molecule has 0 aliphatic carbocycles. The molecule has 0 radical (unpaired) electrons. The van der Waals surface area contributed by atoms with Crippen LogP contribution in [0.3, 0.4) is 0 Å². The van der Waals surface area contributed by atoms with E-state index in [1.165, 1.54) is 28.6 Å². The van der Waals surface area contributed by atoms with Gasteiger partial charge in [-0.15, -0.1) is 0 Å². The fourth-order valence-corrected chi connectivity index (χ4v) is 5.69. The van der Waals surface area contributed by atoms with Crippen LogP contribution in [0.1, 0.15) is 29.6 Å². The summed E-state index contributed by atoms with van der Waals surface area (Å²) >= 11 is 0. The number of hydrogen-bond acceptors (Lipinski definition) is 7. The number of ketones is 1. The molecule has 3 aliphatic rings. The van der Waals surface area contributed by atoms with E-state index in [1.54, 1.807) is 12.1 Å². The Morgan fingerprint density at radius 1 is 0.933 bits per heavy atom. The van der Waals surface area contributed by atoms with Crippen molar-refractivity contribution in [3.05, 3.63) is 42.0 Å². The number of hydrogen-bond donors (Lipinski definition) is 1. The maximum absolute atomic E-state index is 13.1. The van der Waals surface area contributed by atoms with Crippen LogP contribution in [-0.2, 0) is 10.0 Å². The lowest BCUT2D eigenvalue weighted by molar-refractivity contribution is 0.00579. The molecule has 3 aliphatic heterocycles. The smallest absolute Gasteiger partial charge is 0.243 e. The summed E-state index contributed by atoms with van der Waals surface area (Å²) in [6.45, 7) is 1.29. The summed E-state index contributed by atoms with van der Waals surface area (Å²) in [4.78, 5) is 12.7. The SMILES string of the molecule is O=C1CC2(CCN(S(=O)(=O)c3ccc4c(c3)OCCO4)CC2)Oc2cc(O)ccc21. The molecule has 0 unspecified atom stereocenters. The number of rotatable bonds is 2. The molecule has 1 spiro atoms. The van der Waals surface area contributed by atoms with Gasteiger partial charge in [-0.2, -0.15) is 4.31 Å². The van der Waals surface area contributed by atoms with Crippen LogP contribution in [0.2, 0.25) is 0 Å². The van der Waals surface area contributed by atoms with Crippen molar-refractivity contribution in [3.63, 3.8) is 0 Å². The summed E-state index contributed by atoms with van der Waals surface area (Å²) in [7, 11) is -3.71. The van der Waals surface area contributed by atoms with Gasteiger partial charge in [-0.05, 0) is 24.3 Å². The van der Waals surface area contributed by atoms with Crippen LogP contribution in [0.25, 0.3) is 0 Å². The van der Waals surface area contributed by atoms with Crippen molar-refractivity contribution < 1.29 is 32.5 Å². The Morgan fingerprint density at radius 3 is 2.43 bits per heavy atom. The topological polar surface area (TPSA) is 102 Å². The number of carbonyl (C=O) groups is 1. The molecule has 8 nitrogen and oxygen atoms in total. The monoisotopic (exact) mass is 431 g/mol. The molecule has 1 saturated heterocycles. The molecule has 0 bridgehead atoms. The number of nitrogens with zero attached hydrogens (tertiary/aromatic N) is 1. The normalized spacial score (nSPS) is 20.5. The summed E-state index contributed by atoms with van der Waals surface area (Å²) in [6, 6.07) is 9.08. The third-order valence-corrected chi connectivity index (χ3v) is 7.75. The van der Waals surface area contributed by atoms with Crippen LogP contribution >= 0.6 is 0 Å². The average molecular weight is 431 g/mol. The summed E-state index contributed by atoms with van der Waals surface area (Å²) in [6.07, 6.45) is 0.970. The van der Waals surface area contributed by atoms with Gasteiger partial charge in [0.25, 0.3) is 0 Å². The van der Waals surface area contributed by atoms with Crippen molar-refractivity contribution in [1.29, 1.82) is 0 Å². The highest BCUT2D eigenvalue weighted by atomic mass is 32.2. The van der Waals surface area contributed by atoms with Crippen molar-refractivity contribution in [2.75, 3.05) is 26.3 Å². The summed E-state index contributed by atoms with van der Waals surface area (Å²) in [5, 5.41) is 9.72. The Hall–Kier alpha value is -2.78. The fraction of sp³-hybridized carbons (Fsp3) is 0.381. The zero-order valence-electron chi connectivity index (χ0n) is 16.2. The second-order valence-corrected chi connectivity index (χ2v) is 9.71. The molecule has 1 N–H and O–H groups in total. The maximum atomic E-state index is 13.1. The molecule has 5 rings (SSSR count). The van der Waals surface area contributed by atoms with Gasteiger partial charge in [-0.1, -0.05) is 0 Å². The van der Waals surface area contributed by atoms with E-state index in [9.17, 15) is 18.3 Å². The van der Waals surface area contributed by atoms with Crippen LogP contribution < -0.4 is 14.2 Å². The first-order valence-corrected chi connectivity index (χ1v) is 11.3. The fourth-order valence-electron chi connectivity index (χ4n) is 4.23. The molecule has 2 aromatic carbocycles. The average Bonchev–Trinajstić information content (AvgIpc) is 2.73. The highest BCUT2D eigenvalue weighted by molar-refractivity contribution is 7.89. The molecule has 30 heavy (non-hydrogen) atoms. The minimum absolute atomic E-state index is 0.0252. The first kappa shape index (κ1) is 19.2. The molecular weight excluding hydrogens is 410 g/mol. The minimum atomic E-state index is -3.71. The molecular formula is C21H21NO7S. The highest BCUT2D eigenvalue weighted by Gasteiger charge is 2.45. The molecule has 9 heteroatoms. The van der Waals surface area contributed by atoms with Crippen molar-refractivity contribution in [2.24, 2.45) is 0 Å². The van der Waals surface area contributed by atoms with Crippen LogP contribution in [0.4, 0.5) is 0 Å². The molecule has 2 aromatic rings. The Kier molecular flexibility index (Phi) is 4.41. The lowest BCUT2D eigenvalue weighted by Gasteiger charge is -2.43. The van der Waals surface area contributed by atoms with Crippen molar-refractivity contribution >= 4 is 15.8 Å². The van der Waals surface area contributed by atoms with E-state index in [0.717, 1.165) is 0 Å². The Labute approximate surface area is 174 Å². The van der Waals surface area contributed by atoms with Gasteiger partial charge < -0.3 is 19.3 Å². The first-order chi connectivity index (χ1) is 14.4. The van der Waals surface area contributed by atoms with E-state index in [-0.39, 0.29) is 35.9 Å². The van der Waals surface area contributed by atoms with Crippen LogP contribution in [0.5, 0.6) is 23.0 Å². The quantitative estimate of drug-likeness (QED) is 0.779. The number of fused-ring (bicyclic) bond motifs is 2. The second-order valence-electron chi connectivity index (χ2n) is 7.78. The van der Waals surface area contributed by atoms with Gasteiger partial charge >= 0.3 is 0 Å². The number of phenolic OH excluding ortho intramolecular Hbond substituents is 1. The van der Waals surface area contributed by atoms with Gasteiger partial charge in [0.1, 0.15) is 30.3 Å². The van der Waals surface area contributed by atoms with Gasteiger partial charge in [-0.25, -0.2) is 8.42 Å². The zero-order chi connectivity index (χ0) is 20.9. The van der Waals surface area contributed by atoms with Gasteiger partial charge in [0.15, 0.2) is 17.3 Å². The number of phenols is 1. The van der Waals surface area contributed by atoms with Crippen LogP contribution in [0.15, 0.2) is 41.3 Å². The number of benzene rings is 2. The van der Waals surface area contributed by atoms with E-state index in [2.05, 4.69) is 0 Å². The van der Waals surface area contributed by atoms with Crippen LogP contribution in [0, 0.1) is 0 Å². The number of aromatic hydroxyl groups is 1. The minimum Gasteiger partial charge on any atom is -0.508 e. The summed E-state index contributed by atoms with van der Waals surface area (Å²) < 4.78 is 44.8. The van der Waals surface area contributed by atoms with Gasteiger partial charge in [0.05, 0.1) is 16.9 Å². The zero-order valence-corrected chi connectivity index (χ0v) is 17.0. The van der Waals surface area contributed by atoms with Gasteiger partial charge in [-0.3, -0.25) is 4.79 Å². The third kappa shape index (κ3) is 3.18. The van der Waals surface area contributed by atoms with Gasteiger partial charge in [0, 0.05) is 38.1 Å². The van der Waals surface area contributed by atoms with E-state index < -0.39 is 15.6 Å². The first-order valence-electron chi connectivity index (χ1n) is 9.81. The highest BCUT2D eigenvalue weighted by Crippen LogP contribution is 2.42. The molecule has 158 valence electrons. The third-order valence-electron chi connectivity index (χ3n) is 5.86. The van der Waals surface area contributed by atoms with E-state index in [4.69, 9.17) is 14.2 Å². The van der Waals surface area contributed by atoms with Crippen molar-refractivity contribution in [1.82, 2.24) is 4.31 Å². The standard InChI is InChI=1S/C21H21NO7S/c23-14-1-3-16-17(24)13-21(29-19(16)11-14)5-7-22(8-6-21)30(25,26)15-2-4-18-20(12-15)28-10-9-27-18/h1-4,11-12,23H,5-10,13H2. The lowest BCUT2D eigenvalue weighted by atomic mass is 9.83. The predicted octanol–water partition coefficient (Wildman–Crippen LogP) is 2.35. The number of carbonyl (C=O) groups excluding carboxylic acids is 1. The number of Topliss-reactive ketones (excluding diaryl/α,β-unsaturated/α-hetero) is 1. The van der Waals surface area contributed by atoms with E-state index in [0.29, 0.717) is 48.9 Å². The Bertz CT molecular complexity index is 1120.